The third kappa shape index (κ3) is 12.1. The van der Waals surface area contributed by atoms with Gasteiger partial charge in [0.1, 0.15) is 18.8 Å². The molecule has 4 N–H and O–H groups in total. The zero-order valence-electron chi connectivity index (χ0n) is 23.3. The van der Waals surface area contributed by atoms with Gasteiger partial charge in [-0.3, -0.25) is 9.59 Å². The van der Waals surface area contributed by atoms with Crippen molar-refractivity contribution in [1.82, 2.24) is 16.0 Å². The lowest BCUT2D eigenvalue weighted by Crippen LogP contribution is -2.43. The molecule has 41 heavy (non-hydrogen) atoms. The van der Waals surface area contributed by atoms with E-state index in [-0.39, 0.29) is 44.9 Å². The maximum absolute atomic E-state index is 13.1. The number of rotatable bonds is 17. The minimum absolute atomic E-state index is 0.0318. The Morgan fingerprint density at radius 1 is 0.927 bits per heavy atom. The molecule has 0 spiro atoms. The van der Waals surface area contributed by atoms with Gasteiger partial charge in [0.2, 0.25) is 11.8 Å². The predicted molar refractivity (Wildman–Crippen MR) is 154 cm³/mol. The van der Waals surface area contributed by atoms with Crippen molar-refractivity contribution in [3.63, 3.8) is 0 Å². The summed E-state index contributed by atoms with van der Waals surface area (Å²) < 4.78 is 11.0. The predicted octanol–water partition coefficient (Wildman–Crippen LogP) is 3.34. The smallest absolute Gasteiger partial charge is 0.408 e. The molecule has 2 rings (SSSR count). The number of ether oxygens (including phenoxy) is 2. The van der Waals surface area contributed by atoms with Gasteiger partial charge in [0.15, 0.2) is 0 Å². The molecule has 0 radical (unpaired) electrons. The van der Waals surface area contributed by atoms with Crippen LogP contribution in [0.15, 0.2) is 86.0 Å². The van der Waals surface area contributed by atoms with Crippen molar-refractivity contribution in [3.8, 4) is 0 Å². The molecule has 2 aromatic carbocycles. The van der Waals surface area contributed by atoms with Gasteiger partial charge in [0.05, 0.1) is 19.1 Å². The molecule has 10 heteroatoms. The van der Waals surface area contributed by atoms with Gasteiger partial charge in [-0.15, -0.1) is 13.2 Å². The first-order valence-electron chi connectivity index (χ1n) is 13.4. The van der Waals surface area contributed by atoms with E-state index in [0.717, 1.165) is 5.56 Å². The first-order chi connectivity index (χ1) is 19.8. The molecular formula is C31H39N3O7. The van der Waals surface area contributed by atoms with Crippen LogP contribution in [0.5, 0.6) is 0 Å². The van der Waals surface area contributed by atoms with Crippen molar-refractivity contribution in [2.75, 3.05) is 13.2 Å². The number of carbonyl (C=O) groups is 4. The molecule has 0 saturated carbocycles. The van der Waals surface area contributed by atoms with Crippen LogP contribution in [0.4, 0.5) is 4.79 Å². The lowest BCUT2D eigenvalue weighted by atomic mass is 9.99. The summed E-state index contributed by atoms with van der Waals surface area (Å²) in [4.78, 5) is 50.8. The fraction of sp³-hybridized carbons (Fsp3) is 0.355. The summed E-state index contributed by atoms with van der Waals surface area (Å²) in [5.41, 5.74) is 1.42. The van der Waals surface area contributed by atoms with Crippen molar-refractivity contribution < 1.29 is 33.8 Å². The summed E-state index contributed by atoms with van der Waals surface area (Å²) >= 11 is 0. The fourth-order valence-corrected chi connectivity index (χ4v) is 3.83. The van der Waals surface area contributed by atoms with Gasteiger partial charge in [0, 0.05) is 12.5 Å². The van der Waals surface area contributed by atoms with Gasteiger partial charge in [0.25, 0.3) is 0 Å². The highest BCUT2D eigenvalue weighted by atomic mass is 16.6. The van der Waals surface area contributed by atoms with Crippen LogP contribution in [0.2, 0.25) is 0 Å². The zero-order chi connectivity index (χ0) is 30.0. The molecule has 0 fully saturated rings. The monoisotopic (exact) mass is 565 g/mol. The Morgan fingerprint density at radius 2 is 1.56 bits per heavy atom. The number of aliphatic hydroxyl groups excluding tert-OH is 1. The average molecular weight is 566 g/mol. The molecule has 0 bridgehead atoms. The SMILES string of the molecule is C=CC[C@@H](CC(=O)N[C@H](C)CO)C(=O)NC[C@H](OC(=O)[C@@H](CC=C)NC(=O)OCc1ccccc1)c1ccccc1. The van der Waals surface area contributed by atoms with Crippen LogP contribution in [0.1, 0.15) is 43.4 Å². The summed E-state index contributed by atoms with van der Waals surface area (Å²) in [6.07, 6.45) is 1.59. The molecule has 10 nitrogen and oxygen atoms in total. The van der Waals surface area contributed by atoms with Crippen LogP contribution in [0, 0.1) is 5.92 Å². The maximum atomic E-state index is 13.1. The molecule has 0 unspecified atom stereocenters. The highest BCUT2D eigenvalue weighted by Crippen LogP contribution is 2.19. The molecule has 4 atom stereocenters. The Kier molecular flexibility index (Phi) is 14.4. The minimum Gasteiger partial charge on any atom is -0.454 e. The summed E-state index contributed by atoms with van der Waals surface area (Å²) in [5, 5.41) is 17.1. The number of alkyl carbamates (subject to hydrolysis) is 1. The van der Waals surface area contributed by atoms with Crippen LogP contribution in [0.3, 0.4) is 0 Å². The molecule has 0 aliphatic rings. The summed E-state index contributed by atoms with van der Waals surface area (Å²) in [6, 6.07) is 16.4. The molecule has 3 amide bonds. The van der Waals surface area contributed by atoms with Crippen LogP contribution in [-0.4, -0.2) is 54.2 Å². The van der Waals surface area contributed by atoms with E-state index in [4.69, 9.17) is 14.6 Å². The lowest BCUT2D eigenvalue weighted by Gasteiger charge is -2.24. The molecule has 0 aliphatic heterocycles. The Bertz CT molecular complexity index is 1140. The van der Waals surface area contributed by atoms with Crippen LogP contribution < -0.4 is 16.0 Å². The van der Waals surface area contributed by atoms with Crippen molar-refractivity contribution in [2.45, 2.75) is 51.0 Å². The van der Waals surface area contributed by atoms with Gasteiger partial charge in [-0.25, -0.2) is 9.59 Å². The van der Waals surface area contributed by atoms with E-state index < -0.39 is 42.1 Å². The number of benzene rings is 2. The second kappa shape index (κ2) is 18.0. The Labute approximate surface area is 240 Å². The number of hydrogen-bond donors (Lipinski definition) is 4. The van der Waals surface area contributed by atoms with Crippen molar-refractivity contribution in [3.05, 3.63) is 97.1 Å². The standard InChI is InChI=1S/C31H39N3O7/c1-4-12-25(18-28(36)33-22(3)20-35)29(37)32-19-27(24-16-10-7-11-17-24)41-30(38)26(13-5-2)34-31(39)40-21-23-14-8-6-9-15-23/h4-11,14-17,22,25-27,35H,1-2,12-13,18-21H2,3H3,(H,32,37)(H,33,36)(H,34,39)/t22-,25+,26-,27+/m1/s1. The molecule has 0 saturated heterocycles. The Balaban J connectivity index is 2.06. The number of amides is 3. The van der Waals surface area contributed by atoms with E-state index in [9.17, 15) is 19.2 Å². The van der Waals surface area contributed by atoms with Gasteiger partial charge in [-0.1, -0.05) is 72.8 Å². The van der Waals surface area contributed by atoms with E-state index in [2.05, 4.69) is 29.1 Å². The van der Waals surface area contributed by atoms with Gasteiger partial charge >= 0.3 is 12.1 Å². The largest absolute Gasteiger partial charge is 0.454 e. The lowest BCUT2D eigenvalue weighted by molar-refractivity contribution is -0.152. The molecule has 0 aliphatic carbocycles. The zero-order valence-corrected chi connectivity index (χ0v) is 23.3. The van der Waals surface area contributed by atoms with E-state index in [1.807, 2.05) is 30.3 Å². The number of aliphatic hydroxyl groups is 1. The molecule has 0 heterocycles. The second-order valence-corrected chi connectivity index (χ2v) is 9.44. The minimum atomic E-state index is -1.07. The van der Waals surface area contributed by atoms with Crippen LogP contribution in [0.25, 0.3) is 0 Å². The number of esters is 1. The van der Waals surface area contributed by atoms with Gasteiger partial charge < -0.3 is 30.5 Å². The Hall–Kier alpha value is -4.44. The van der Waals surface area contributed by atoms with E-state index in [0.29, 0.717) is 5.56 Å². The number of hydrogen-bond acceptors (Lipinski definition) is 7. The van der Waals surface area contributed by atoms with Crippen LogP contribution >= 0.6 is 0 Å². The summed E-state index contributed by atoms with van der Waals surface area (Å²) in [6.45, 7) is 8.71. The van der Waals surface area contributed by atoms with E-state index >= 15 is 0 Å². The van der Waals surface area contributed by atoms with Crippen molar-refractivity contribution in [2.24, 2.45) is 5.92 Å². The third-order valence-corrected chi connectivity index (χ3v) is 6.02. The highest BCUT2D eigenvalue weighted by molar-refractivity contribution is 5.86. The van der Waals surface area contributed by atoms with Gasteiger partial charge in [-0.2, -0.15) is 0 Å². The maximum Gasteiger partial charge on any atom is 0.408 e. The fourth-order valence-electron chi connectivity index (χ4n) is 3.83. The summed E-state index contributed by atoms with van der Waals surface area (Å²) in [7, 11) is 0. The number of nitrogens with one attached hydrogen (secondary N) is 3. The topological polar surface area (TPSA) is 143 Å². The average Bonchev–Trinajstić information content (AvgIpc) is 2.98. The second-order valence-electron chi connectivity index (χ2n) is 9.44. The molecule has 2 aromatic rings. The quantitative estimate of drug-likeness (QED) is 0.170. The molecular weight excluding hydrogens is 526 g/mol. The normalized spacial score (nSPS) is 13.4. The van der Waals surface area contributed by atoms with E-state index in [1.54, 1.807) is 43.3 Å². The first-order valence-corrected chi connectivity index (χ1v) is 13.4. The van der Waals surface area contributed by atoms with Gasteiger partial charge in [-0.05, 0) is 30.9 Å². The van der Waals surface area contributed by atoms with Crippen molar-refractivity contribution in [1.29, 1.82) is 0 Å². The van der Waals surface area contributed by atoms with Crippen LogP contribution in [-0.2, 0) is 30.5 Å². The molecule has 220 valence electrons. The van der Waals surface area contributed by atoms with Crippen molar-refractivity contribution >= 4 is 23.9 Å². The highest BCUT2D eigenvalue weighted by Gasteiger charge is 2.28. The number of carbonyl (C=O) groups excluding carboxylic acids is 4. The third-order valence-electron chi connectivity index (χ3n) is 6.02. The Morgan fingerprint density at radius 3 is 2.17 bits per heavy atom. The van der Waals surface area contributed by atoms with E-state index in [1.165, 1.54) is 6.08 Å². The molecule has 0 aromatic heterocycles. The first kappa shape index (κ1) is 32.8. The number of allylic oxidation sites excluding steroid dienone is 1. The summed E-state index contributed by atoms with van der Waals surface area (Å²) in [5.74, 6) is -2.24.